The third-order valence-corrected chi connectivity index (χ3v) is 8.49. The SMILES string of the molecule is Cn1cc(-c2ccc(CN3C(=O)C4(CN(C5CCSCC5)C4)c4ccccc43)c(F)c2)cn1. The second-order valence-electron chi connectivity index (χ2n) is 9.45. The summed E-state index contributed by atoms with van der Waals surface area (Å²) in [6.45, 7) is 1.80. The molecular formula is C26H27FN4OS. The van der Waals surface area contributed by atoms with Crippen molar-refractivity contribution in [2.24, 2.45) is 7.05 Å². The molecule has 0 radical (unpaired) electrons. The van der Waals surface area contributed by atoms with Crippen LogP contribution < -0.4 is 4.90 Å². The molecule has 0 saturated carbocycles. The lowest BCUT2D eigenvalue weighted by molar-refractivity contribution is -0.131. The minimum absolute atomic E-state index is 0.112. The molecule has 3 aliphatic rings. The Bertz CT molecular complexity index is 1210. The number of hydrogen-bond acceptors (Lipinski definition) is 4. The molecule has 2 saturated heterocycles. The highest BCUT2D eigenvalue weighted by Crippen LogP contribution is 2.49. The van der Waals surface area contributed by atoms with Crippen LogP contribution in [0.15, 0.2) is 54.9 Å². The fourth-order valence-electron chi connectivity index (χ4n) is 5.61. The number of amides is 1. The molecule has 4 heterocycles. The summed E-state index contributed by atoms with van der Waals surface area (Å²) in [5.41, 5.74) is 3.74. The topological polar surface area (TPSA) is 41.4 Å². The molecule has 0 aliphatic carbocycles. The molecule has 1 aromatic heterocycles. The minimum atomic E-state index is -0.479. The van der Waals surface area contributed by atoms with Gasteiger partial charge in [-0.1, -0.05) is 30.3 Å². The van der Waals surface area contributed by atoms with Gasteiger partial charge in [-0.3, -0.25) is 14.4 Å². The number of carbonyl (C=O) groups excluding carboxylic acids is 1. The van der Waals surface area contributed by atoms with E-state index in [-0.39, 0.29) is 18.3 Å². The summed E-state index contributed by atoms with van der Waals surface area (Å²) >= 11 is 2.03. The highest BCUT2D eigenvalue weighted by atomic mass is 32.2. The van der Waals surface area contributed by atoms with E-state index >= 15 is 4.39 Å². The van der Waals surface area contributed by atoms with Crippen LogP contribution in [0.1, 0.15) is 24.0 Å². The minimum Gasteiger partial charge on any atom is -0.307 e. The van der Waals surface area contributed by atoms with Gasteiger partial charge in [-0.15, -0.1) is 0 Å². The van der Waals surface area contributed by atoms with Crippen molar-refractivity contribution >= 4 is 23.4 Å². The summed E-state index contributed by atoms with van der Waals surface area (Å²) in [5.74, 6) is 2.23. The Kier molecular flexibility index (Phi) is 5.07. The average Bonchev–Trinajstić information content (AvgIpc) is 3.34. The Morgan fingerprint density at radius 3 is 2.64 bits per heavy atom. The molecule has 3 aromatic rings. The Morgan fingerprint density at radius 2 is 1.91 bits per heavy atom. The summed E-state index contributed by atoms with van der Waals surface area (Å²) in [6.07, 6.45) is 6.00. The van der Waals surface area contributed by atoms with Gasteiger partial charge in [0.25, 0.3) is 0 Å². The third kappa shape index (κ3) is 3.40. The van der Waals surface area contributed by atoms with E-state index in [0.29, 0.717) is 11.6 Å². The molecule has 1 spiro atoms. The zero-order valence-electron chi connectivity index (χ0n) is 18.7. The van der Waals surface area contributed by atoms with Gasteiger partial charge in [0.05, 0.1) is 12.7 Å². The molecule has 2 aromatic carbocycles. The van der Waals surface area contributed by atoms with E-state index in [1.807, 2.05) is 49.3 Å². The van der Waals surface area contributed by atoms with Crippen molar-refractivity contribution < 1.29 is 9.18 Å². The largest absolute Gasteiger partial charge is 0.307 e. The van der Waals surface area contributed by atoms with Gasteiger partial charge >= 0.3 is 0 Å². The van der Waals surface area contributed by atoms with Crippen LogP contribution in [-0.4, -0.2) is 51.2 Å². The van der Waals surface area contributed by atoms with Crippen LogP contribution in [0, 0.1) is 5.82 Å². The van der Waals surface area contributed by atoms with E-state index in [4.69, 9.17) is 0 Å². The molecule has 33 heavy (non-hydrogen) atoms. The number of fused-ring (bicyclic) bond motifs is 2. The normalized spacial score (nSPS) is 20.3. The first-order valence-corrected chi connectivity index (χ1v) is 12.7. The van der Waals surface area contributed by atoms with Crippen LogP contribution in [0.25, 0.3) is 11.1 Å². The number of benzene rings is 2. The van der Waals surface area contributed by atoms with E-state index in [1.165, 1.54) is 24.3 Å². The lowest BCUT2D eigenvalue weighted by atomic mass is 9.73. The molecule has 2 fully saturated rings. The van der Waals surface area contributed by atoms with Crippen molar-refractivity contribution in [3.8, 4) is 11.1 Å². The average molecular weight is 463 g/mol. The number of rotatable bonds is 4. The van der Waals surface area contributed by atoms with E-state index in [9.17, 15) is 4.79 Å². The quantitative estimate of drug-likeness (QED) is 0.582. The number of thioether (sulfide) groups is 1. The van der Waals surface area contributed by atoms with Crippen molar-refractivity contribution in [2.75, 3.05) is 29.5 Å². The van der Waals surface area contributed by atoms with Gasteiger partial charge in [0.1, 0.15) is 11.2 Å². The first-order valence-electron chi connectivity index (χ1n) is 11.6. The fourth-order valence-corrected chi connectivity index (χ4v) is 6.69. The Labute approximate surface area is 197 Å². The molecule has 6 rings (SSSR count). The number of anilines is 1. The van der Waals surface area contributed by atoms with E-state index in [1.54, 1.807) is 27.9 Å². The Balaban J connectivity index is 1.26. The Hall–Kier alpha value is -2.64. The van der Waals surface area contributed by atoms with Gasteiger partial charge in [-0.05, 0) is 47.6 Å². The number of halogens is 1. The predicted octanol–water partition coefficient (Wildman–Crippen LogP) is 4.22. The van der Waals surface area contributed by atoms with Gasteiger partial charge in [0.2, 0.25) is 5.91 Å². The molecule has 1 amide bonds. The molecule has 0 atom stereocenters. The number of aromatic nitrogens is 2. The van der Waals surface area contributed by atoms with Crippen LogP contribution in [0.5, 0.6) is 0 Å². The van der Waals surface area contributed by atoms with E-state index in [2.05, 4.69) is 16.1 Å². The van der Waals surface area contributed by atoms with Crippen molar-refractivity contribution in [2.45, 2.75) is 30.8 Å². The van der Waals surface area contributed by atoms with Crippen molar-refractivity contribution in [3.05, 3.63) is 71.8 Å². The van der Waals surface area contributed by atoms with Gasteiger partial charge in [-0.2, -0.15) is 16.9 Å². The smallest absolute Gasteiger partial charge is 0.240 e. The maximum Gasteiger partial charge on any atom is 0.240 e. The van der Waals surface area contributed by atoms with Gasteiger partial charge < -0.3 is 4.90 Å². The predicted molar refractivity (Wildman–Crippen MR) is 130 cm³/mol. The van der Waals surface area contributed by atoms with Gasteiger partial charge in [0.15, 0.2) is 0 Å². The van der Waals surface area contributed by atoms with Crippen LogP contribution in [0.3, 0.4) is 0 Å². The summed E-state index contributed by atoms with van der Waals surface area (Å²) in [7, 11) is 1.84. The first-order chi connectivity index (χ1) is 16.0. The summed E-state index contributed by atoms with van der Waals surface area (Å²) < 4.78 is 16.8. The molecule has 0 N–H and O–H groups in total. The summed E-state index contributed by atoms with van der Waals surface area (Å²) in [4.78, 5) is 18.0. The monoisotopic (exact) mass is 462 g/mol. The second-order valence-corrected chi connectivity index (χ2v) is 10.7. The van der Waals surface area contributed by atoms with Crippen LogP contribution in [0.2, 0.25) is 0 Å². The van der Waals surface area contributed by atoms with Crippen molar-refractivity contribution in [3.63, 3.8) is 0 Å². The summed E-state index contributed by atoms with van der Waals surface area (Å²) in [6, 6.07) is 13.9. The maximum absolute atomic E-state index is 15.1. The second kappa shape index (κ2) is 7.99. The highest BCUT2D eigenvalue weighted by Gasteiger charge is 2.58. The Morgan fingerprint density at radius 1 is 1.12 bits per heavy atom. The number of hydrogen-bond donors (Lipinski definition) is 0. The van der Waals surface area contributed by atoms with Crippen molar-refractivity contribution in [1.82, 2.24) is 14.7 Å². The molecule has 0 bridgehead atoms. The molecule has 3 aliphatic heterocycles. The highest BCUT2D eigenvalue weighted by molar-refractivity contribution is 7.99. The molecule has 7 heteroatoms. The molecule has 0 unspecified atom stereocenters. The fraction of sp³-hybridized carbons (Fsp3) is 0.385. The number of likely N-dealkylation sites (tertiary alicyclic amines) is 1. The van der Waals surface area contributed by atoms with Crippen LogP contribution >= 0.6 is 11.8 Å². The first kappa shape index (κ1) is 20.9. The standard InChI is InChI=1S/C26H27FN4OS/c1-29-14-20(13-28-29)18-6-7-19(23(27)12-18)15-31-24-5-3-2-4-22(24)26(25(31)32)16-30(17-26)21-8-10-33-11-9-21/h2-7,12-14,21H,8-11,15-17H2,1H3. The number of aryl methyl sites for hydroxylation is 1. The molecular weight excluding hydrogens is 435 g/mol. The van der Waals surface area contributed by atoms with Crippen LogP contribution in [-0.2, 0) is 23.8 Å². The number of nitrogens with zero attached hydrogens (tertiary/aromatic N) is 4. The third-order valence-electron chi connectivity index (χ3n) is 7.44. The van der Waals surface area contributed by atoms with Gasteiger partial charge in [0, 0.05) is 49.2 Å². The van der Waals surface area contributed by atoms with Crippen LogP contribution in [0.4, 0.5) is 10.1 Å². The number of para-hydroxylation sites is 1. The van der Waals surface area contributed by atoms with E-state index in [0.717, 1.165) is 35.5 Å². The maximum atomic E-state index is 15.1. The zero-order valence-corrected chi connectivity index (χ0v) is 19.5. The molecule has 5 nitrogen and oxygen atoms in total. The lowest BCUT2D eigenvalue weighted by Crippen LogP contribution is -2.66. The summed E-state index contributed by atoms with van der Waals surface area (Å²) in [5, 5.41) is 4.17. The van der Waals surface area contributed by atoms with Crippen molar-refractivity contribution in [1.29, 1.82) is 0 Å². The number of carbonyl (C=O) groups is 1. The zero-order chi connectivity index (χ0) is 22.6. The molecule has 170 valence electrons. The van der Waals surface area contributed by atoms with Gasteiger partial charge in [-0.25, -0.2) is 4.39 Å². The van der Waals surface area contributed by atoms with E-state index < -0.39 is 5.41 Å². The lowest BCUT2D eigenvalue weighted by Gasteiger charge is -2.51.